The van der Waals surface area contributed by atoms with Crippen molar-refractivity contribution in [3.8, 4) is 0 Å². The molecule has 4 heteroatoms. The molecule has 1 heterocycles. The highest BCUT2D eigenvalue weighted by Crippen LogP contribution is 2.63. The van der Waals surface area contributed by atoms with E-state index in [1.54, 1.807) is 18.2 Å². The van der Waals surface area contributed by atoms with E-state index in [9.17, 15) is 14.3 Å². The fraction of sp³-hybridized carbons (Fsp3) is 0.381. The fourth-order valence-electron chi connectivity index (χ4n) is 5.65. The van der Waals surface area contributed by atoms with Crippen LogP contribution in [0.15, 0.2) is 42.5 Å². The number of carbonyl (C=O) groups excluding carboxylic acids is 1. The van der Waals surface area contributed by atoms with Gasteiger partial charge in [-0.15, -0.1) is 0 Å². The lowest BCUT2D eigenvalue weighted by molar-refractivity contribution is -0.255. The lowest BCUT2D eigenvalue weighted by atomic mass is 9.68. The van der Waals surface area contributed by atoms with Gasteiger partial charge in [-0.05, 0) is 72.3 Å². The molecule has 3 aliphatic rings. The van der Waals surface area contributed by atoms with Crippen molar-refractivity contribution in [3.05, 3.63) is 65.0 Å². The van der Waals surface area contributed by atoms with Crippen LogP contribution in [0.3, 0.4) is 0 Å². The molecule has 2 aliphatic carbocycles. The van der Waals surface area contributed by atoms with E-state index in [0.29, 0.717) is 23.7 Å². The van der Waals surface area contributed by atoms with Gasteiger partial charge in [-0.25, -0.2) is 4.39 Å². The van der Waals surface area contributed by atoms with Crippen molar-refractivity contribution in [1.29, 1.82) is 0 Å². The number of rotatable bonds is 2. The Morgan fingerprint density at radius 3 is 2.68 bits per heavy atom. The van der Waals surface area contributed by atoms with Crippen LogP contribution in [0.5, 0.6) is 0 Å². The lowest BCUT2D eigenvalue weighted by Gasteiger charge is -2.43. The molecule has 1 aliphatic heterocycles. The Labute approximate surface area is 145 Å². The highest BCUT2D eigenvalue weighted by atomic mass is 19.1. The molecule has 2 fully saturated rings. The predicted molar refractivity (Wildman–Crippen MR) is 90.6 cm³/mol. The highest BCUT2D eigenvalue weighted by molar-refractivity contribution is 5.87. The Hall–Kier alpha value is -2.36. The number of halogens is 1. The van der Waals surface area contributed by atoms with Crippen molar-refractivity contribution < 1.29 is 14.3 Å². The molecule has 0 unspecified atom stereocenters. The second-order valence-corrected chi connectivity index (χ2v) is 7.67. The summed E-state index contributed by atoms with van der Waals surface area (Å²) < 4.78 is 14.5. The summed E-state index contributed by atoms with van der Waals surface area (Å²) in [6.07, 6.45) is 3.54. The number of carbonyl (C=O) groups is 1. The van der Waals surface area contributed by atoms with Crippen LogP contribution in [0.4, 0.5) is 10.1 Å². The van der Waals surface area contributed by atoms with Crippen LogP contribution in [0.2, 0.25) is 0 Å². The number of hydrogen-bond acceptors (Lipinski definition) is 3. The van der Waals surface area contributed by atoms with Gasteiger partial charge in [-0.1, -0.05) is 24.3 Å². The van der Waals surface area contributed by atoms with Crippen LogP contribution in [0.1, 0.15) is 52.7 Å². The second-order valence-electron chi connectivity index (χ2n) is 7.67. The first-order chi connectivity index (χ1) is 12.1. The van der Waals surface area contributed by atoms with Crippen molar-refractivity contribution in [2.75, 3.05) is 5.32 Å². The average molecular weight is 336 g/mol. The predicted octanol–water partition coefficient (Wildman–Crippen LogP) is 3.49. The Morgan fingerprint density at radius 2 is 1.88 bits per heavy atom. The smallest absolute Gasteiger partial charge is 0.128 e. The molecule has 0 radical (unpaired) electrons. The molecule has 25 heavy (non-hydrogen) atoms. The van der Waals surface area contributed by atoms with Crippen molar-refractivity contribution in [3.63, 3.8) is 0 Å². The van der Waals surface area contributed by atoms with Gasteiger partial charge in [0.15, 0.2) is 0 Å². The Morgan fingerprint density at radius 1 is 1.08 bits per heavy atom. The molecular formula is C21H19FNO2-. The molecule has 0 saturated heterocycles. The van der Waals surface area contributed by atoms with E-state index in [1.165, 1.54) is 18.9 Å². The first-order valence-corrected chi connectivity index (χ1v) is 8.99. The summed E-state index contributed by atoms with van der Waals surface area (Å²) in [5, 5.41) is 14.8. The van der Waals surface area contributed by atoms with E-state index in [4.69, 9.17) is 0 Å². The quantitative estimate of drug-likeness (QED) is 0.913. The maximum atomic E-state index is 14.5. The van der Waals surface area contributed by atoms with E-state index >= 15 is 0 Å². The normalized spacial score (nSPS) is 32.0. The minimum atomic E-state index is -1.14. The van der Waals surface area contributed by atoms with Gasteiger partial charge in [0.25, 0.3) is 0 Å². The first kappa shape index (κ1) is 14.9. The van der Waals surface area contributed by atoms with Crippen LogP contribution in [-0.4, -0.2) is 5.97 Å². The van der Waals surface area contributed by atoms with Crippen molar-refractivity contribution in [2.24, 2.45) is 17.8 Å². The maximum Gasteiger partial charge on any atom is 0.128 e. The summed E-state index contributed by atoms with van der Waals surface area (Å²) in [6.45, 7) is 0. The van der Waals surface area contributed by atoms with Crippen LogP contribution in [0, 0.1) is 23.6 Å². The molecule has 0 amide bonds. The van der Waals surface area contributed by atoms with E-state index in [2.05, 4.69) is 5.32 Å². The van der Waals surface area contributed by atoms with E-state index in [0.717, 1.165) is 23.2 Å². The van der Waals surface area contributed by atoms with Crippen LogP contribution >= 0.6 is 0 Å². The first-order valence-electron chi connectivity index (χ1n) is 8.99. The van der Waals surface area contributed by atoms with Crippen molar-refractivity contribution >= 4 is 11.7 Å². The van der Waals surface area contributed by atoms with Gasteiger partial charge in [-0.3, -0.25) is 0 Å². The fourth-order valence-corrected chi connectivity index (χ4v) is 5.65. The van der Waals surface area contributed by atoms with E-state index in [1.807, 2.05) is 18.2 Å². The Bertz CT molecular complexity index is 865. The Kier molecular flexibility index (Phi) is 3.18. The molecule has 0 aromatic heterocycles. The van der Waals surface area contributed by atoms with Gasteiger partial charge in [0.2, 0.25) is 0 Å². The lowest BCUT2D eigenvalue weighted by Crippen LogP contribution is -2.36. The van der Waals surface area contributed by atoms with Crippen molar-refractivity contribution in [2.45, 2.75) is 31.2 Å². The molecule has 1 N–H and O–H groups in total. The van der Waals surface area contributed by atoms with Crippen LogP contribution < -0.4 is 10.4 Å². The van der Waals surface area contributed by atoms with Gasteiger partial charge < -0.3 is 15.2 Å². The number of aromatic carboxylic acids is 1. The third-order valence-electron chi connectivity index (χ3n) is 6.56. The molecule has 0 spiro atoms. The van der Waals surface area contributed by atoms with Crippen LogP contribution in [-0.2, 0) is 0 Å². The SMILES string of the molecule is O=C([O-])c1ccc2c(c1)[C@H]1[C@H]3CC[C@@H](C3)[C@H]1[C@@H](c1ccccc1F)N2. The van der Waals surface area contributed by atoms with E-state index in [-0.39, 0.29) is 17.4 Å². The Balaban J connectivity index is 1.65. The van der Waals surface area contributed by atoms with Gasteiger partial charge in [0, 0.05) is 11.3 Å². The topological polar surface area (TPSA) is 52.2 Å². The van der Waals surface area contributed by atoms with E-state index < -0.39 is 5.97 Å². The molecule has 5 atom stereocenters. The molecular weight excluding hydrogens is 317 g/mol. The van der Waals surface area contributed by atoms with Gasteiger partial charge in [0.1, 0.15) is 5.82 Å². The standard InChI is InChI=1S/C21H20FNO2/c22-16-4-2-1-3-14(16)20-19-12-6-5-11(9-12)18(19)15-10-13(21(24)25)7-8-17(15)23-20/h1-4,7-8,10-12,18-20,23H,5-6,9H2,(H,24,25)/p-1/t11-,12-,18+,19+,20+/m0/s1. The molecule has 2 saturated carbocycles. The summed E-state index contributed by atoms with van der Waals surface area (Å²) in [5.74, 6) is 0.461. The average Bonchev–Trinajstić information content (AvgIpc) is 3.23. The zero-order valence-electron chi connectivity index (χ0n) is 13.7. The molecule has 3 nitrogen and oxygen atoms in total. The van der Waals surface area contributed by atoms with Crippen molar-refractivity contribution in [1.82, 2.24) is 0 Å². The number of fused-ring (bicyclic) bond motifs is 7. The largest absolute Gasteiger partial charge is 0.545 e. The molecule has 128 valence electrons. The summed E-state index contributed by atoms with van der Waals surface area (Å²) in [6, 6.07) is 12.1. The number of nitrogens with one attached hydrogen (secondary N) is 1. The number of hydrogen-bond donors (Lipinski definition) is 1. The van der Waals surface area contributed by atoms with Gasteiger partial charge >= 0.3 is 0 Å². The third-order valence-corrected chi connectivity index (χ3v) is 6.56. The molecule has 5 rings (SSSR count). The van der Waals surface area contributed by atoms with Gasteiger partial charge in [0.05, 0.1) is 12.0 Å². The minimum absolute atomic E-state index is 0.0530. The summed E-state index contributed by atoms with van der Waals surface area (Å²) in [5.41, 5.74) is 2.96. The zero-order valence-corrected chi connectivity index (χ0v) is 13.7. The monoisotopic (exact) mass is 336 g/mol. The summed E-state index contributed by atoms with van der Waals surface area (Å²) >= 11 is 0. The maximum absolute atomic E-state index is 14.5. The molecule has 2 bridgehead atoms. The number of anilines is 1. The number of carboxylic acids is 1. The highest BCUT2D eigenvalue weighted by Gasteiger charge is 2.54. The minimum Gasteiger partial charge on any atom is -0.545 e. The van der Waals surface area contributed by atoms with Gasteiger partial charge in [-0.2, -0.15) is 0 Å². The number of benzene rings is 2. The van der Waals surface area contributed by atoms with Crippen LogP contribution in [0.25, 0.3) is 0 Å². The zero-order chi connectivity index (χ0) is 17.1. The third kappa shape index (κ3) is 2.13. The summed E-state index contributed by atoms with van der Waals surface area (Å²) in [4.78, 5) is 11.3. The molecule has 2 aromatic rings. The molecule has 2 aromatic carbocycles. The second kappa shape index (κ2) is 5.32. The number of carboxylic acid groups (broad SMARTS) is 1. The summed E-state index contributed by atoms with van der Waals surface area (Å²) in [7, 11) is 0.